The van der Waals surface area contributed by atoms with E-state index in [0.717, 1.165) is 5.56 Å². The van der Waals surface area contributed by atoms with E-state index in [1.807, 2.05) is 0 Å². The zero-order valence-electron chi connectivity index (χ0n) is 6.88. The molecular weight excluding hydrogens is 281 g/mol. The predicted octanol–water partition coefficient (Wildman–Crippen LogP) is 1.69. The third-order valence-electron chi connectivity index (χ3n) is 1.61. The summed E-state index contributed by atoms with van der Waals surface area (Å²) in [7, 11) is 0. The van der Waals surface area contributed by atoms with Crippen molar-refractivity contribution in [3.63, 3.8) is 0 Å². The molecule has 0 unspecified atom stereocenters. The average Bonchev–Trinajstić information content (AvgIpc) is 2.07. The van der Waals surface area contributed by atoms with Crippen LogP contribution in [0.5, 0.6) is 0 Å². The number of nitrogens with one attached hydrogen (secondary N) is 1. The van der Waals surface area contributed by atoms with Crippen LogP contribution in [0.4, 0.5) is 16.2 Å². The van der Waals surface area contributed by atoms with Gasteiger partial charge in [-0.3, -0.25) is 4.79 Å². The number of carbonyl (C=O) groups excluding carboxylic acids is 1. The highest BCUT2D eigenvalue weighted by atomic mass is 127. The Labute approximate surface area is 89.8 Å². The van der Waals surface area contributed by atoms with Crippen LogP contribution in [-0.4, -0.2) is 3.91 Å². The molecule has 1 aromatic carbocycles. The zero-order chi connectivity index (χ0) is 9.84. The minimum absolute atomic E-state index is 0.134. The van der Waals surface area contributed by atoms with Crippen molar-refractivity contribution in [2.24, 2.45) is 5.73 Å². The van der Waals surface area contributed by atoms with Crippen molar-refractivity contribution in [2.45, 2.75) is 6.54 Å². The van der Waals surface area contributed by atoms with Crippen LogP contribution >= 0.6 is 22.6 Å². The van der Waals surface area contributed by atoms with Gasteiger partial charge in [-0.25, -0.2) is 0 Å². The van der Waals surface area contributed by atoms with Crippen LogP contribution in [0.15, 0.2) is 18.2 Å². The van der Waals surface area contributed by atoms with Gasteiger partial charge in [-0.15, -0.1) is 0 Å². The first-order chi connectivity index (χ1) is 6.13. The summed E-state index contributed by atoms with van der Waals surface area (Å²) < 4.78 is -0.134. The highest BCUT2D eigenvalue weighted by Crippen LogP contribution is 2.17. The fraction of sp³-hybridized carbons (Fsp3) is 0.125. The van der Waals surface area contributed by atoms with Crippen molar-refractivity contribution in [2.75, 3.05) is 11.1 Å². The Morgan fingerprint density at radius 2 is 2.23 bits per heavy atom. The minimum atomic E-state index is -0.134. The summed E-state index contributed by atoms with van der Waals surface area (Å²) in [6, 6.07) is 5.24. The predicted molar refractivity (Wildman–Crippen MR) is 61.8 cm³/mol. The number of hydrogen-bond donors (Lipinski definition) is 3. The van der Waals surface area contributed by atoms with Gasteiger partial charge in [0.1, 0.15) is 0 Å². The molecule has 0 aliphatic carbocycles. The standard InChI is InChI=1S/C8H10IN3O/c9-8(13)12-6-1-2-7(11)5(3-6)4-10/h1-3H,4,10-11H2,(H,12,13). The van der Waals surface area contributed by atoms with E-state index in [4.69, 9.17) is 11.5 Å². The number of benzene rings is 1. The van der Waals surface area contributed by atoms with Crippen molar-refractivity contribution in [3.8, 4) is 0 Å². The molecule has 0 bridgehead atoms. The maximum atomic E-state index is 10.7. The number of nitrogens with two attached hydrogens (primary N) is 2. The van der Waals surface area contributed by atoms with Gasteiger partial charge in [0.25, 0.3) is 3.91 Å². The van der Waals surface area contributed by atoms with Gasteiger partial charge in [-0.05, 0) is 23.8 Å². The molecule has 1 amide bonds. The molecule has 0 spiro atoms. The van der Waals surface area contributed by atoms with E-state index in [1.54, 1.807) is 40.8 Å². The Kier molecular flexibility index (Phi) is 3.49. The molecule has 0 aliphatic heterocycles. The van der Waals surface area contributed by atoms with E-state index in [1.165, 1.54) is 0 Å². The molecule has 0 atom stereocenters. The van der Waals surface area contributed by atoms with E-state index in [-0.39, 0.29) is 3.91 Å². The van der Waals surface area contributed by atoms with E-state index < -0.39 is 0 Å². The lowest BCUT2D eigenvalue weighted by atomic mass is 10.1. The SMILES string of the molecule is NCc1cc(NC(=O)I)ccc1N. The van der Waals surface area contributed by atoms with Crippen LogP contribution in [0.2, 0.25) is 0 Å². The summed E-state index contributed by atoms with van der Waals surface area (Å²) in [5, 5.41) is 2.64. The van der Waals surface area contributed by atoms with Gasteiger partial charge in [-0.2, -0.15) is 0 Å². The smallest absolute Gasteiger partial charge is 0.284 e. The van der Waals surface area contributed by atoms with Crippen molar-refractivity contribution in [3.05, 3.63) is 23.8 Å². The molecule has 0 saturated heterocycles. The second-order valence-electron chi connectivity index (χ2n) is 2.52. The number of hydrogen-bond acceptors (Lipinski definition) is 3. The Hall–Kier alpha value is -0.820. The number of nitrogen functional groups attached to an aromatic ring is 1. The number of halogens is 1. The molecule has 70 valence electrons. The molecule has 0 radical (unpaired) electrons. The number of amides is 1. The van der Waals surface area contributed by atoms with E-state index in [9.17, 15) is 4.79 Å². The second-order valence-corrected chi connectivity index (χ2v) is 3.50. The lowest BCUT2D eigenvalue weighted by Crippen LogP contribution is -2.05. The topological polar surface area (TPSA) is 81.1 Å². The normalized spacial score (nSPS) is 9.69. The molecule has 1 aromatic rings. The summed E-state index contributed by atoms with van der Waals surface area (Å²) in [6.07, 6.45) is 0. The quantitative estimate of drug-likeness (QED) is 0.336. The number of anilines is 2. The fourth-order valence-corrected chi connectivity index (χ4v) is 1.29. The van der Waals surface area contributed by atoms with Gasteiger partial charge in [0.15, 0.2) is 0 Å². The molecule has 0 aromatic heterocycles. The third-order valence-corrected chi connectivity index (χ3v) is 1.88. The van der Waals surface area contributed by atoms with Crippen LogP contribution in [0, 0.1) is 0 Å². The lowest BCUT2D eigenvalue weighted by molar-refractivity contribution is 0.272. The van der Waals surface area contributed by atoms with Gasteiger partial charge < -0.3 is 16.8 Å². The average molecular weight is 291 g/mol. The summed E-state index contributed by atoms with van der Waals surface area (Å²) in [6.45, 7) is 0.372. The number of carbonyl (C=O) groups is 1. The molecule has 13 heavy (non-hydrogen) atoms. The Morgan fingerprint density at radius 3 is 2.77 bits per heavy atom. The molecule has 1 rings (SSSR count). The van der Waals surface area contributed by atoms with Crippen molar-refractivity contribution in [1.29, 1.82) is 0 Å². The van der Waals surface area contributed by atoms with E-state index in [2.05, 4.69) is 5.32 Å². The van der Waals surface area contributed by atoms with Crippen LogP contribution in [0.1, 0.15) is 5.56 Å². The van der Waals surface area contributed by atoms with Crippen LogP contribution in [0.25, 0.3) is 0 Å². The lowest BCUT2D eigenvalue weighted by Gasteiger charge is -2.06. The summed E-state index contributed by atoms with van der Waals surface area (Å²) in [5.41, 5.74) is 13.3. The molecule has 5 N–H and O–H groups in total. The first-order valence-electron chi connectivity index (χ1n) is 3.68. The molecule has 0 heterocycles. The molecule has 4 nitrogen and oxygen atoms in total. The first-order valence-corrected chi connectivity index (χ1v) is 4.76. The molecule has 5 heteroatoms. The van der Waals surface area contributed by atoms with Gasteiger partial charge in [0.05, 0.1) is 0 Å². The maximum absolute atomic E-state index is 10.7. The highest BCUT2D eigenvalue weighted by Gasteiger charge is 2.00. The first kappa shape index (κ1) is 10.3. The minimum Gasteiger partial charge on any atom is -0.398 e. The molecule has 0 saturated carbocycles. The fourth-order valence-electron chi connectivity index (χ4n) is 0.974. The molecule has 0 aliphatic rings. The number of rotatable bonds is 2. The van der Waals surface area contributed by atoms with Crippen LogP contribution in [-0.2, 0) is 6.54 Å². The van der Waals surface area contributed by atoms with Gasteiger partial charge in [-0.1, -0.05) is 0 Å². The van der Waals surface area contributed by atoms with E-state index in [0.29, 0.717) is 17.9 Å². The molecular formula is C8H10IN3O. The second kappa shape index (κ2) is 4.43. The van der Waals surface area contributed by atoms with Crippen molar-refractivity contribution >= 4 is 37.9 Å². The Morgan fingerprint density at radius 1 is 1.54 bits per heavy atom. The van der Waals surface area contributed by atoms with Crippen LogP contribution < -0.4 is 16.8 Å². The maximum Gasteiger partial charge on any atom is 0.284 e. The van der Waals surface area contributed by atoms with Gasteiger partial charge >= 0.3 is 0 Å². The van der Waals surface area contributed by atoms with Crippen molar-refractivity contribution in [1.82, 2.24) is 0 Å². The van der Waals surface area contributed by atoms with Crippen molar-refractivity contribution < 1.29 is 4.79 Å². The summed E-state index contributed by atoms with van der Waals surface area (Å²) in [5.74, 6) is 0. The van der Waals surface area contributed by atoms with Gasteiger partial charge in [0.2, 0.25) is 0 Å². The molecule has 0 fully saturated rings. The highest BCUT2D eigenvalue weighted by molar-refractivity contribution is 14.1. The largest absolute Gasteiger partial charge is 0.398 e. The zero-order valence-corrected chi connectivity index (χ0v) is 9.04. The van der Waals surface area contributed by atoms with Crippen LogP contribution in [0.3, 0.4) is 0 Å². The monoisotopic (exact) mass is 291 g/mol. The Balaban J connectivity index is 2.92. The van der Waals surface area contributed by atoms with Gasteiger partial charge in [0, 0.05) is 40.5 Å². The summed E-state index contributed by atoms with van der Waals surface area (Å²) in [4.78, 5) is 10.7. The third kappa shape index (κ3) is 2.85. The Bertz CT molecular complexity index is 327. The summed E-state index contributed by atoms with van der Waals surface area (Å²) >= 11 is 1.67. The van der Waals surface area contributed by atoms with E-state index >= 15 is 0 Å².